The Morgan fingerprint density at radius 3 is 2.28 bits per heavy atom. The molecule has 1 heterocycles. The quantitative estimate of drug-likeness (QED) is 0.616. The van der Waals surface area contributed by atoms with Gasteiger partial charge in [-0.2, -0.15) is 0 Å². The Morgan fingerprint density at radius 2 is 1.67 bits per heavy atom. The van der Waals surface area contributed by atoms with Crippen LogP contribution in [-0.4, -0.2) is 19.1 Å². The monoisotopic (exact) mass is 350 g/mol. The number of halogens is 1. The van der Waals surface area contributed by atoms with Gasteiger partial charge in [0, 0.05) is 26.0 Å². The number of rotatable bonds is 3. The van der Waals surface area contributed by atoms with Gasteiger partial charge in [-0.25, -0.2) is 0 Å². The van der Waals surface area contributed by atoms with Crippen LogP contribution in [0.4, 0.5) is 5.69 Å². The van der Waals surface area contributed by atoms with E-state index in [1.54, 1.807) is 0 Å². The first-order valence-electron chi connectivity index (χ1n) is 5.72. The number of hydrogen-bond donors (Lipinski definition) is 0. The summed E-state index contributed by atoms with van der Waals surface area (Å²) in [5.74, 6) is 0. The molecule has 3 heteroatoms. The van der Waals surface area contributed by atoms with Crippen LogP contribution in [0.15, 0.2) is 42.6 Å². The molecule has 92 valence electrons. The summed E-state index contributed by atoms with van der Waals surface area (Å²) in [7, 11) is 4.09. The van der Waals surface area contributed by atoms with Crippen LogP contribution in [0.3, 0.4) is 0 Å². The average molecular weight is 350 g/mol. The largest absolute Gasteiger partial charge is 0.378 e. The molecular weight excluding hydrogens is 335 g/mol. The van der Waals surface area contributed by atoms with Crippen LogP contribution in [-0.2, 0) is 0 Å². The molecule has 0 bridgehead atoms. The van der Waals surface area contributed by atoms with E-state index in [1.807, 2.05) is 26.4 Å². The first kappa shape index (κ1) is 13.1. The van der Waals surface area contributed by atoms with Gasteiger partial charge < -0.3 is 4.90 Å². The van der Waals surface area contributed by atoms with E-state index in [0.29, 0.717) is 0 Å². The van der Waals surface area contributed by atoms with Gasteiger partial charge in [-0.1, -0.05) is 24.3 Å². The molecule has 0 unspecified atom stereocenters. The molecule has 0 saturated carbocycles. The molecule has 0 aliphatic heterocycles. The van der Waals surface area contributed by atoms with Crippen molar-refractivity contribution in [3.05, 3.63) is 57.4 Å². The predicted octanol–water partition coefficient (Wildman–Crippen LogP) is 3.92. The van der Waals surface area contributed by atoms with Crippen molar-refractivity contribution in [2.45, 2.75) is 0 Å². The SMILES string of the molecule is CN(C)c1ccc(C=Cc2ccnc(I)c2)cc1. The van der Waals surface area contributed by atoms with Crippen molar-refractivity contribution in [2.24, 2.45) is 0 Å². The van der Waals surface area contributed by atoms with Gasteiger partial charge in [-0.15, -0.1) is 0 Å². The molecule has 18 heavy (non-hydrogen) atoms. The summed E-state index contributed by atoms with van der Waals surface area (Å²) in [5.41, 5.74) is 3.59. The first-order valence-corrected chi connectivity index (χ1v) is 6.80. The van der Waals surface area contributed by atoms with Crippen LogP contribution in [0.1, 0.15) is 11.1 Å². The second-order valence-corrected chi connectivity index (χ2v) is 5.34. The topological polar surface area (TPSA) is 16.1 Å². The molecule has 0 aliphatic rings. The van der Waals surface area contributed by atoms with Crippen LogP contribution in [0.25, 0.3) is 12.2 Å². The fraction of sp³-hybridized carbons (Fsp3) is 0.133. The molecule has 1 aromatic heterocycles. The minimum Gasteiger partial charge on any atom is -0.378 e. The summed E-state index contributed by atoms with van der Waals surface area (Å²) in [6, 6.07) is 12.6. The van der Waals surface area contributed by atoms with Gasteiger partial charge in [-0.3, -0.25) is 4.98 Å². The van der Waals surface area contributed by atoms with Gasteiger partial charge in [0.15, 0.2) is 0 Å². The third kappa shape index (κ3) is 3.57. The van der Waals surface area contributed by atoms with Crippen molar-refractivity contribution in [3.63, 3.8) is 0 Å². The highest BCUT2D eigenvalue weighted by atomic mass is 127. The Balaban J connectivity index is 2.14. The molecule has 0 N–H and O–H groups in total. The van der Waals surface area contributed by atoms with Gasteiger partial charge >= 0.3 is 0 Å². The van der Waals surface area contributed by atoms with Crippen molar-refractivity contribution in [3.8, 4) is 0 Å². The second kappa shape index (κ2) is 6.00. The Labute approximate surface area is 121 Å². The highest BCUT2D eigenvalue weighted by molar-refractivity contribution is 14.1. The first-order chi connectivity index (χ1) is 8.65. The Morgan fingerprint density at radius 1 is 1.00 bits per heavy atom. The standard InChI is InChI=1S/C15H15IN2/c1-18(2)14-7-5-12(6-8-14)3-4-13-9-10-17-15(16)11-13/h3-11H,1-2H3. The van der Waals surface area contributed by atoms with E-state index in [4.69, 9.17) is 0 Å². The Hall–Kier alpha value is -1.36. The minimum absolute atomic E-state index is 1.01. The zero-order valence-electron chi connectivity index (χ0n) is 10.5. The molecule has 0 saturated heterocycles. The lowest BCUT2D eigenvalue weighted by Crippen LogP contribution is -2.07. The summed E-state index contributed by atoms with van der Waals surface area (Å²) >= 11 is 2.22. The molecule has 2 rings (SSSR count). The van der Waals surface area contributed by atoms with E-state index >= 15 is 0 Å². The van der Waals surface area contributed by atoms with Crippen molar-refractivity contribution in [1.82, 2.24) is 4.98 Å². The number of aromatic nitrogens is 1. The van der Waals surface area contributed by atoms with Gasteiger partial charge in [0.1, 0.15) is 3.70 Å². The average Bonchev–Trinajstić information content (AvgIpc) is 2.37. The smallest absolute Gasteiger partial charge is 0.101 e. The summed E-state index contributed by atoms with van der Waals surface area (Å²) < 4.78 is 1.01. The van der Waals surface area contributed by atoms with Crippen LogP contribution < -0.4 is 4.90 Å². The van der Waals surface area contributed by atoms with Crippen molar-refractivity contribution in [1.29, 1.82) is 0 Å². The minimum atomic E-state index is 1.01. The molecule has 0 aliphatic carbocycles. The second-order valence-electron chi connectivity index (χ2n) is 4.23. The highest BCUT2D eigenvalue weighted by Gasteiger charge is 1.94. The lowest BCUT2D eigenvalue weighted by atomic mass is 10.1. The fourth-order valence-electron chi connectivity index (χ4n) is 1.60. The summed E-state index contributed by atoms with van der Waals surface area (Å²) in [6.45, 7) is 0. The Kier molecular flexibility index (Phi) is 4.36. The third-order valence-corrected chi connectivity index (χ3v) is 3.22. The summed E-state index contributed by atoms with van der Waals surface area (Å²) in [5, 5.41) is 0. The molecular formula is C15H15IN2. The van der Waals surface area contributed by atoms with Gasteiger partial charge in [0.05, 0.1) is 0 Å². The lowest BCUT2D eigenvalue weighted by molar-refractivity contribution is 1.13. The molecule has 2 aromatic rings. The van der Waals surface area contributed by atoms with E-state index in [9.17, 15) is 0 Å². The molecule has 0 atom stereocenters. The van der Waals surface area contributed by atoms with E-state index in [2.05, 4.69) is 75.0 Å². The number of nitrogens with zero attached hydrogens (tertiary/aromatic N) is 2. The number of pyridine rings is 1. The zero-order valence-corrected chi connectivity index (χ0v) is 12.6. The summed E-state index contributed by atoms with van der Waals surface area (Å²) in [6.07, 6.45) is 6.05. The maximum Gasteiger partial charge on any atom is 0.101 e. The lowest BCUT2D eigenvalue weighted by Gasteiger charge is -2.11. The molecule has 0 radical (unpaired) electrons. The molecule has 0 spiro atoms. The van der Waals surface area contributed by atoms with E-state index in [1.165, 1.54) is 16.8 Å². The van der Waals surface area contributed by atoms with Crippen molar-refractivity contribution in [2.75, 3.05) is 19.0 Å². The van der Waals surface area contributed by atoms with E-state index in [0.717, 1.165) is 3.70 Å². The maximum absolute atomic E-state index is 4.17. The van der Waals surface area contributed by atoms with Crippen LogP contribution >= 0.6 is 22.6 Å². The molecule has 2 nitrogen and oxygen atoms in total. The molecule has 0 amide bonds. The number of benzene rings is 1. The van der Waals surface area contributed by atoms with Crippen molar-refractivity contribution < 1.29 is 0 Å². The zero-order chi connectivity index (χ0) is 13.0. The number of anilines is 1. The van der Waals surface area contributed by atoms with Gasteiger partial charge in [0.2, 0.25) is 0 Å². The maximum atomic E-state index is 4.17. The highest BCUT2D eigenvalue weighted by Crippen LogP contribution is 2.15. The van der Waals surface area contributed by atoms with Crippen LogP contribution in [0.2, 0.25) is 0 Å². The molecule has 0 fully saturated rings. The van der Waals surface area contributed by atoms with Crippen LogP contribution in [0, 0.1) is 3.70 Å². The normalized spacial score (nSPS) is 10.8. The van der Waals surface area contributed by atoms with Gasteiger partial charge in [0.25, 0.3) is 0 Å². The third-order valence-electron chi connectivity index (χ3n) is 2.63. The fourth-order valence-corrected chi connectivity index (χ4v) is 2.12. The van der Waals surface area contributed by atoms with E-state index in [-0.39, 0.29) is 0 Å². The van der Waals surface area contributed by atoms with Crippen molar-refractivity contribution >= 4 is 40.4 Å². The predicted molar refractivity (Wildman–Crippen MR) is 86.7 cm³/mol. The number of hydrogen-bond acceptors (Lipinski definition) is 2. The van der Waals surface area contributed by atoms with Gasteiger partial charge in [-0.05, 0) is 58.0 Å². The van der Waals surface area contributed by atoms with Crippen LogP contribution in [0.5, 0.6) is 0 Å². The summed E-state index contributed by atoms with van der Waals surface area (Å²) in [4.78, 5) is 6.27. The van der Waals surface area contributed by atoms with E-state index < -0.39 is 0 Å². The Bertz CT molecular complexity index is 545. The molecule has 1 aromatic carbocycles.